The molecule has 4 nitrogen and oxygen atoms in total. The first-order chi connectivity index (χ1) is 15.3. The number of carbonyl (C=O) groups excluding carboxylic acids is 1. The van der Waals surface area contributed by atoms with Crippen molar-refractivity contribution in [1.82, 2.24) is 0 Å². The van der Waals surface area contributed by atoms with Crippen LogP contribution in [0.4, 0.5) is 0 Å². The molecular weight excluding hydrogens is 412 g/mol. The molecule has 184 valence electrons. The molecule has 11 atom stereocenters. The van der Waals surface area contributed by atoms with Gasteiger partial charge in [0.15, 0.2) is 5.78 Å². The third-order valence-electron chi connectivity index (χ3n) is 12.3. The van der Waals surface area contributed by atoms with Crippen LogP contribution in [0, 0.1) is 39.9 Å². The molecule has 0 aromatic rings. The molecule has 3 saturated carbocycles. The van der Waals surface area contributed by atoms with Gasteiger partial charge >= 0.3 is 0 Å². The molecule has 0 bridgehead atoms. The highest BCUT2D eigenvalue weighted by Gasteiger charge is 2.86. The van der Waals surface area contributed by atoms with Crippen molar-refractivity contribution >= 4 is 5.78 Å². The van der Waals surface area contributed by atoms with Crippen molar-refractivity contribution < 1.29 is 19.4 Å². The number of aliphatic hydroxyl groups excluding tert-OH is 1. The molecule has 0 aromatic heterocycles. The fraction of sp³-hybridized carbons (Fsp3) is 0.897. The number of rotatable bonds is 4. The largest absolute Gasteiger partial charge is 0.393 e. The Morgan fingerprint density at radius 1 is 1.21 bits per heavy atom. The van der Waals surface area contributed by atoms with Gasteiger partial charge in [0.05, 0.1) is 12.2 Å². The quantitative estimate of drug-likeness (QED) is 0.450. The van der Waals surface area contributed by atoms with Gasteiger partial charge in [-0.25, -0.2) is 0 Å². The predicted molar refractivity (Wildman–Crippen MR) is 128 cm³/mol. The topological polar surface area (TPSA) is 62.4 Å². The van der Waals surface area contributed by atoms with Crippen molar-refractivity contribution in [3.8, 4) is 0 Å². The van der Waals surface area contributed by atoms with E-state index in [4.69, 9.17) is 9.47 Å². The SMILES string of the molecule is CC(=O)[C@@H]1O[C@H]1C[C@@H](C)[C@]12CC[C@@]3(C)C4=CC[C@H]5C(C)(C)[C@H](O)CC[C@]5(C)[C@@H]4C[C@@H](C)[C@@]31O2. The molecular formula is C29H44O4. The monoisotopic (exact) mass is 456 g/mol. The fourth-order valence-corrected chi connectivity index (χ4v) is 10.4. The summed E-state index contributed by atoms with van der Waals surface area (Å²) in [5.41, 5.74) is 1.89. The van der Waals surface area contributed by atoms with Crippen LogP contribution in [0.25, 0.3) is 0 Å². The minimum absolute atomic E-state index is 0.0319. The highest BCUT2D eigenvalue weighted by Crippen LogP contribution is 2.81. The van der Waals surface area contributed by atoms with Crippen molar-refractivity contribution in [3.63, 3.8) is 0 Å². The second-order valence-corrected chi connectivity index (χ2v) is 13.9. The Hall–Kier alpha value is -0.710. The van der Waals surface area contributed by atoms with Gasteiger partial charge in [0.25, 0.3) is 0 Å². The zero-order valence-electron chi connectivity index (χ0n) is 21.7. The molecule has 1 spiro atoms. The molecule has 0 unspecified atom stereocenters. The van der Waals surface area contributed by atoms with Crippen LogP contribution in [0.3, 0.4) is 0 Å². The van der Waals surface area contributed by atoms with Crippen LogP contribution in [0.1, 0.15) is 93.4 Å². The van der Waals surface area contributed by atoms with Crippen LogP contribution in [0.2, 0.25) is 0 Å². The van der Waals surface area contributed by atoms with Crippen molar-refractivity contribution in [1.29, 1.82) is 0 Å². The molecule has 4 aliphatic carbocycles. The summed E-state index contributed by atoms with van der Waals surface area (Å²) < 4.78 is 12.7. The van der Waals surface area contributed by atoms with Gasteiger partial charge < -0.3 is 14.6 Å². The van der Waals surface area contributed by atoms with Gasteiger partial charge in [-0.15, -0.1) is 0 Å². The maximum atomic E-state index is 11.7. The molecule has 2 saturated heterocycles. The lowest BCUT2D eigenvalue weighted by molar-refractivity contribution is -0.131. The number of epoxide rings is 2. The maximum absolute atomic E-state index is 11.7. The van der Waals surface area contributed by atoms with Gasteiger partial charge in [0.2, 0.25) is 0 Å². The first kappa shape index (κ1) is 22.7. The van der Waals surface area contributed by atoms with Gasteiger partial charge in [-0.3, -0.25) is 4.79 Å². The molecule has 0 aromatic carbocycles. The first-order valence-electron chi connectivity index (χ1n) is 13.6. The fourth-order valence-electron chi connectivity index (χ4n) is 10.4. The predicted octanol–water partition coefficient (Wildman–Crippen LogP) is 5.47. The van der Waals surface area contributed by atoms with Gasteiger partial charge in [-0.1, -0.05) is 53.2 Å². The van der Waals surface area contributed by atoms with E-state index in [1.165, 1.54) is 12.8 Å². The molecule has 0 radical (unpaired) electrons. The van der Waals surface area contributed by atoms with Crippen molar-refractivity contribution in [2.75, 3.05) is 0 Å². The van der Waals surface area contributed by atoms with Crippen LogP contribution < -0.4 is 0 Å². The molecule has 6 rings (SSSR count). The van der Waals surface area contributed by atoms with E-state index >= 15 is 0 Å². The summed E-state index contributed by atoms with van der Waals surface area (Å²) in [5, 5.41) is 10.8. The van der Waals surface area contributed by atoms with Gasteiger partial charge in [-0.2, -0.15) is 0 Å². The molecule has 6 aliphatic rings. The number of aliphatic hydroxyl groups is 1. The van der Waals surface area contributed by atoms with E-state index in [0.29, 0.717) is 23.7 Å². The summed E-state index contributed by atoms with van der Waals surface area (Å²) in [6, 6.07) is 0. The summed E-state index contributed by atoms with van der Waals surface area (Å²) in [5.74, 6) is 2.22. The number of carbonyl (C=O) groups is 1. The van der Waals surface area contributed by atoms with Crippen molar-refractivity contribution in [3.05, 3.63) is 11.6 Å². The Morgan fingerprint density at radius 3 is 2.61 bits per heavy atom. The Kier molecular flexibility index (Phi) is 4.50. The number of Topliss-reactive ketones (excluding diaryl/α,β-unsaturated/α-hetero) is 1. The number of hydrogen-bond acceptors (Lipinski definition) is 4. The zero-order valence-corrected chi connectivity index (χ0v) is 21.7. The summed E-state index contributed by atoms with van der Waals surface area (Å²) in [6.45, 7) is 16.1. The molecule has 5 fully saturated rings. The lowest BCUT2D eigenvalue weighted by atomic mass is 9.42. The van der Waals surface area contributed by atoms with Crippen LogP contribution >= 0.6 is 0 Å². The lowest BCUT2D eigenvalue weighted by Gasteiger charge is -2.63. The Balaban J connectivity index is 1.32. The Labute approximate surface area is 199 Å². The maximum Gasteiger partial charge on any atom is 0.161 e. The molecule has 0 amide bonds. The highest BCUT2D eigenvalue weighted by atomic mass is 16.6. The third-order valence-corrected chi connectivity index (χ3v) is 12.3. The molecule has 2 aliphatic heterocycles. The van der Waals surface area contributed by atoms with E-state index < -0.39 is 0 Å². The van der Waals surface area contributed by atoms with E-state index in [9.17, 15) is 9.90 Å². The standard InChI is InChI=1S/C29H44O4/c1-16(15-21-24(32-21)18(3)30)28-13-12-27(7)19-8-9-22-25(4,5)23(31)10-11-26(22,6)20(19)14-17(2)29(27,28)33-28/h8,16-17,20-24,31H,9-15H2,1-7H3/t16-,17-,20-,21+,22+,23-,24+,26-,27+,28-,29-/m1/s1. The summed E-state index contributed by atoms with van der Waals surface area (Å²) in [6.07, 6.45) is 9.94. The number of ether oxygens (including phenoxy) is 2. The molecule has 2 heterocycles. The van der Waals surface area contributed by atoms with Crippen molar-refractivity contribution in [2.24, 2.45) is 39.9 Å². The number of hydrogen-bond donors (Lipinski definition) is 1. The zero-order chi connectivity index (χ0) is 23.8. The highest BCUT2D eigenvalue weighted by molar-refractivity contribution is 5.83. The summed E-state index contributed by atoms with van der Waals surface area (Å²) in [4.78, 5) is 11.7. The minimum Gasteiger partial charge on any atom is -0.393 e. The van der Waals surface area contributed by atoms with E-state index in [1.54, 1.807) is 12.5 Å². The van der Waals surface area contributed by atoms with E-state index in [0.717, 1.165) is 32.1 Å². The average Bonchev–Trinajstić information content (AvgIpc) is 3.63. The minimum atomic E-state index is -0.191. The van der Waals surface area contributed by atoms with Crippen LogP contribution in [-0.2, 0) is 14.3 Å². The number of ketones is 1. The van der Waals surface area contributed by atoms with Crippen LogP contribution in [0.5, 0.6) is 0 Å². The molecule has 4 heteroatoms. The van der Waals surface area contributed by atoms with Gasteiger partial charge in [-0.05, 0) is 86.4 Å². The van der Waals surface area contributed by atoms with Gasteiger partial charge in [0.1, 0.15) is 17.3 Å². The third kappa shape index (κ3) is 2.52. The lowest BCUT2D eigenvalue weighted by Crippen LogP contribution is -2.59. The average molecular weight is 457 g/mol. The Morgan fingerprint density at radius 2 is 1.94 bits per heavy atom. The second-order valence-electron chi connectivity index (χ2n) is 13.9. The number of fused-ring (bicyclic) bond motifs is 4. The summed E-state index contributed by atoms with van der Waals surface area (Å²) >= 11 is 0. The smallest absolute Gasteiger partial charge is 0.161 e. The van der Waals surface area contributed by atoms with Crippen LogP contribution in [-0.4, -0.2) is 40.4 Å². The normalized spacial score (nSPS) is 56.5. The second kappa shape index (κ2) is 6.53. The first-order valence-corrected chi connectivity index (χ1v) is 13.6. The molecule has 1 N–H and O–H groups in total. The van der Waals surface area contributed by atoms with Crippen molar-refractivity contribution in [2.45, 2.75) is 123 Å². The molecule has 33 heavy (non-hydrogen) atoms. The number of allylic oxidation sites excluding steroid dienone is 1. The van der Waals surface area contributed by atoms with E-state index in [-0.39, 0.29) is 51.5 Å². The van der Waals surface area contributed by atoms with Crippen LogP contribution in [0.15, 0.2) is 11.6 Å². The van der Waals surface area contributed by atoms with E-state index in [1.807, 2.05) is 0 Å². The Bertz CT molecular complexity index is 923. The summed E-state index contributed by atoms with van der Waals surface area (Å²) in [7, 11) is 0. The van der Waals surface area contributed by atoms with Gasteiger partial charge in [0, 0.05) is 5.41 Å². The van der Waals surface area contributed by atoms with E-state index in [2.05, 4.69) is 47.6 Å².